The first-order valence-corrected chi connectivity index (χ1v) is 3.80. The van der Waals surface area contributed by atoms with Crippen LogP contribution in [-0.2, 0) is 0 Å². The SMILES string of the molecule is CN1[C@@H]2CCNC[C@H]1C2. The van der Waals surface area contributed by atoms with Crippen LogP contribution in [0.4, 0.5) is 0 Å². The van der Waals surface area contributed by atoms with Gasteiger partial charge in [0.05, 0.1) is 0 Å². The van der Waals surface area contributed by atoms with Crippen molar-refractivity contribution in [2.45, 2.75) is 24.9 Å². The van der Waals surface area contributed by atoms with E-state index in [0.29, 0.717) is 0 Å². The first kappa shape index (κ1) is 5.69. The fourth-order valence-electron chi connectivity index (χ4n) is 1.89. The summed E-state index contributed by atoms with van der Waals surface area (Å²) in [7, 11) is 2.24. The molecule has 3 fully saturated rings. The van der Waals surface area contributed by atoms with E-state index in [4.69, 9.17) is 0 Å². The highest BCUT2D eigenvalue weighted by Crippen LogP contribution is 2.26. The second-order valence-corrected chi connectivity index (χ2v) is 3.20. The van der Waals surface area contributed by atoms with E-state index in [9.17, 15) is 0 Å². The molecule has 0 aliphatic carbocycles. The van der Waals surface area contributed by atoms with E-state index in [1.54, 1.807) is 0 Å². The molecule has 3 heterocycles. The molecule has 2 bridgehead atoms. The van der Waals surface area contributed by atoms with Crippen LogP contribution in [0.2, 0.25) is 0 Å². The van der Waals surface area contributed by atoms with Crippen LogP contribution in [0.1, 0.15) is 12.8 Å². The van der Waals surface area contributed by atoms with Crippen LogP contribution in [-0.4, -0.2) is 37.1 Å². The van der Waals surface area contributed by atoms with Gasteiger partial charge in [0.1, 0.15) is 0 Å². The summed E-state index contributed by atoms with van der Waals surface area (Å²) in [6, 6.07) is 1.77. The lowest BCUT2D eigenvalue weighted by Crippen LogP contribution is -2.54. The Labute approximate surface area is 56.2 Å². The number of nitrogens with one attached hydrogen (secondary N) is 1. The van der Waals surface area contributed by atoms with Gasteiger partial charge in [-0.2, -0.15) is 0 Å². The van der Waals surface area contributed by atoms with Crippen molar-refractivity contribution < 1.29 is 0 Å². The minimum absolute atomic E-state index is 0.859. The van der Waals surface area contributed by atoms with E-state index in [2.05, 4.69) is 17.3 Å². The summed E-state index contributed by atoms with van der Waals surface area (Å²) in [5, 5.41) is 3.43. The Morgan fingerprint density at radius 2 is 2.33 bits per heavy atom. The molecule has 2 heteroatoms. The fraction of sp³-hybridized carbons (Fsp3) is 1.00. The largest absolute Gasteiger partial charge is 0.315 e. The first-order valence-electron chi connectivity index (χ1n) is 3.80. The minimum Gasteiger partial charge on any atom is -0.315 e. The molecule has 0 aromatic rings. The van der Waals surface area contributed by atoms with Crippen molar-refractivity contribution in [1.82, 2.24) is 10.2 Å². The van der Waals surface area contributed by atoms with Crippen LogP contribution in [0, 0.1) is 0 Å². The van der Waals surface area contributed by atoms with Crippen LogP contribution in [0.5, 0.6) is 0 Å². The summed E-state index contributed by atoms with van der Waals surface area (Å²) < 4.78 is 0. The van der Waals surface area contributed by atoms with Crippen molar-refractivity contribution >= 4 is 0 Å². The van der Waals surface area contributed by atoms with Gasteiger partial charge in [0.15, 0.2) is 0 Å². The minimum atomic E-state index is 0.859. The molecule has 52 valence electrons. The zero-order chi connectivity index (χ0) is 6.27. The Bertz CT molecular complexity index is 97.5. The number of hydrogen-bond acceptors (Lipinski definition) is 2. The molecule has 0 aromatic heterocycles. The predicted molar refractivity (Wildman–Crippen MR) is 37.4 cm³/mol. The summed E-state index contributed by atoms with van der Waals surface area (Å²) >= 11 is 0. The van der Waals surface area contributed by atoms with Gasteiger partial charge >= 0.3 is 0 Å². The Hall–Kier alpha value is -0.0800. The summed E-state index contributed by atoms with van der Waals surface area (Å²) in [4.78, 5) is 2.50. The summed E-state index contributed by atoms with van der Waals surface area (Å²) in [5.41, 5.74) is 0. The topological polar surface area (TPSA) is 15.3 Å². The number of nitrogens with zero attached hydrogens (tertiary/aromatic N) is 1. The molecule has 9 heavy (non-hydrogen) atoms. The van der Waals surface area contributed by atoms with Crippen molar-refractivity contribution in [3.05, 3.63) is 0 Å². The standard InChI is InChI=1S/C7H14N2/c1-9-6-2-3-8-5-7(9)4-6/h6-8H,2-5H2,1H3/t6-,7-/m1/s1. The molecule has 2 atom stereocenters. The lowest BCUT2D eigenvalue weighted by atomic mass is 9.93. The number of likely N-dealkylation sites (N-methyl/N-ethyl adjacent to an activating group) is 1. The Kier molecular flexibility index (Phi) is 1.24. The average Bonchev–Trinajstić information content (AvgIpc) is 2.17. The molecule has 3 saturated heterocycles. The van der Waals surface area contributed by atoms with Gasteiger partial charge in [-0.05, 0) is 26.4 Å². The zero-order valence-electron chi connectivity index (χ0n) is 5.93. The highest BCUT2D eigenvalue weighted by Gasteiger charge is 2.36. The van der Waals surface area contributed by atoms with E-state index < -0.39 is 0 Å². The van der Waals surface area contributed by atoms with Crippen LogP contribution in [0.3, 0.4) is 0 Å². The molecule has 3 rings (SSSR count). The van der Waals surface area contributed by atoms with Crippen LogP contribution >= 0.6 is 0 Å². The average molecular weight is 126 g/mol. The summed E-state index contributed by atoms with van der Waals surface area (Å²) in [6.45, 7) is 2.44. The van der Waals surface area contributed by atoms with Gasteiger partial charge in [0, 0.05) is 18.6 Å². The molecular weight excluding hydrogens is 112 g/mol. The number of fused-ring (bicyclic) bond motifs is 3. The van der Waals surface area contributed by atoms with Gasteiger partial charge in [0.2, 0.25) is 0 Å². The molecule has 3 aliphatic rings. The molecular formula is C7H14N2. The molecule has 0 amide bonds. The lowest BCUT2D eigenvalue weighted by Gasteiger charge is -2.44. The van der Waals surface area contributed by atoms with Crippen molar-refractivity contribution in [3.8, 4) is 0 Å². The molecule has 0 unspecified atom stereocenters. The van der Waals surface area contributed by atoms with Crippen LogP contribution in [0.15, 0.2) is 0 Å². The predicted octanol–water partition coefficient (Wildman–Crippen LogP) is 0.0524. The molecule has 0 spiro atoms. The highest BCUT2D eigenvalue weighted by atomic mass is 15.3. The van der Waals surface area contributed by atoms with E-state index in [1.165, 1.54) is 25.9 Å². The van der Waals surface area contributed by atoms with Crippen LogP contribution < -0.4 is 5.32 Å². The number of hydrogen-bond donors (Lipinski definition) is 1. The molecule has 2 nitrogen and oxygen atoms in total. The third-order valence-electron chi connectivity index (χ3n) is 2.73. The van der Waals surface area contributed by atoms with E-state index >= 15 is 0 Å². The molecule has 1 N–H and O–H groups in total. The van der Waals surface area contributed by atoms with Gasteiger partial charge in [-0.15, -0.1) is 0 Å². The van der Waals surface area contributed by atoms with E-state index in [0.717, 1.165) is 12.1 Å². The van der Waals surface area contributed by atoms with Gasteiger partial charge in [-0.25, -0.2) is 0 Å². The first-order chi connectivity index (χ1) is 4.38. The summed E-state index contributed by atoms with van der Waals surface area (Å²) in [6.07, 6.45) is 2.79. The molecule has 0 saturated carbocycles. The molecule has 3 aliphatic heterocycles. The zero-order valence-corrected chi connectivity index (χ0v) is 5.93. The third kappa shape index (κ3) is 0.775. The Morgan fingerprint density at radius 1 is 1.44 bits per heavy atom. The Morgan fingerprint density at radius 3 is 3.11 bits per heavy atom. The van der Waals surface area contributed by atoms with E-state index in [1.807, 2.05) is 0 Å². The monoisotopic (exact) mass is 126 g/mol. The fourth-order valence-corrected chi connectivity index (χ4v) is 1.89. The molecule has 0 radical (unpaired) electrons. The van der Waals surface area contributed by atoms with Crippen molar-refractivity contribution in [2.75, 3.05) is 20.1 Å². The maximum atomic E-state index is 3.43. The maximum Gasteiger partial charge on any atom is 0.0235 e. The van der Waals surface area contributed by atoms with Crippen molar-refractivity contribution in [3.63, 3.8) is 0 Å². The quantitative estimate of drug-likeness (QED) is 0.493. The highest BCUT2D eigenvalue weighted by molar-refractivity contribution is 4.94. The van der Waals surface area contributed by atoms with Gasteiger partial charge in [-0.3, -0.25) is 4.90 Å². The van der Waals surface area contributed by atoms with Gasteiger partial charge < -0.3 is 5.32 Å². The second kappa shape index (κ2) is 1.96. The van der Waals surface area contributed by atoms with Crippen molar-refractivity contribution in [2.24, 2.45) is 0 Å². The van der Waals surface area contributed by atoms with Crippen molar-refractivity contribution in [1.29, 1.82) is 0 Å². The normalized spacial score (nSPS) is 43.7. The van der Waals surface area contributed by atoms with E-state index in [-0.39, 0.29) is 0 Å². The number of rotatable bonds is 0. The molecule has 0 aromatic carbocycles. The maximum absolute atomic E-state index is 3.43. The van der Waals surface area contributed by atoms with Crippen LogP contribution in [0.25, 0.3) is 0 Å². The lowest BCUT2D eigenvalue weighted by molar-refractivity contribution is 0.0577. The smallest absolute Gasteiger partial charge is 0.0235 e. The van der Waals surface area contributed by atoms with Gasteiger partial charge in [0.25, 0.3) is 0 Å². The third-order valence-corrected chi connectivity index (χ3v) is 2.73. The summed E-state index contributed by atoms with van der Waals surface area (Å²) in [5.74, 6) is 0. The Balaban J connectivity index is 2.01. The van der Waals surface area contributed by atoms with Gasteiger partial charge in [-0.1, -0.05) is 0 Å². The second-order valence-electron chi connectivity index (χ2n) is 3.20.